The van der Waals surface area contributed by atoms with E-state index >= 15 is 0 Å². The summed E-state index contributed by atoms with van der Waals surface area (Å²) in [7, 11) is 1.61. The number of hydrogen-bond acceptors (Lipinski definition) is 6. The van der Waals surface area contributed by atoms with E-state index in [4.69, 9.17) is 9.47 Å². The average Bonchev–Trinajstić information content (AvgIpc) is 3.02. The van der Waals surface area contributed by atoms with Crippen LogP contribution in [-0.4, -0.2) is 59.0 Å². The van der Waals surface area contributed by atoms with Crippen molar-refractivity contribution in [2.75, 3.05) is 33.3 Å². The smallest absolute Gasteiger partial charge is 0.261 e. The Hall–Kier alpha value is -3.45. The second-order valence-corrected chi connectivity index (χ2v) is 9.32. The Bertz CT molecular complexity index is 1240. The first kappa shape index (κ1) is 23.3. The molecule has 1 aromatic heterocycles. The molecular formula is C28H32N4O3. The van der Waals surface area contributed by atoms with Crippen LogP contribution in [0.25, 0.3) is 10.9 Å². The van der Waals surface area contributed by atoms with Crippen LogP contribution in [0.15, 0.2) is 60.8 Å². The van der Waals surface area contributed by atoms with Gasteiger partial charge in [0.2, 0.25) is 0 Å². The zero-order valence-electron chi connectivity index (χ0n) is 20.4. The van der Waals surface area contributed by atoms with Crippen molar-refractivity contribution >= 4 is 16.8 Å². The highest BCUT2D eigenvalue weighted by atomic mass is 16.5. The van der Waals surface area contributed by atoms with Crippen molar-refractivity contribution in [2.45, 2.75) is 38.5 Å². The van der Waals surface area contributed by atoms with Gasteiger partial charge in [0.15, 0.2) is 0 Å². The standard InChI is InChI=1S/C28H32N4O3/c1-20-18-35-26-16-22(34-2)11-12-24(26)28(33)32(20)15-6-5-13-31-14-7-8-21(17-31)27-23-9-3-4-10-25(23)29-19-30-27/h3-4,9-12,16,18-19,21H,5-8,13-15,17H2,1-2H3. The summed E-state index contributed by atoms with van der Waals surface area (Å²) in [6.45, 7) is 5.75. The fourth-order valence-corrected chi connectivity index (χ4v) is 5.14. The van der Waals surface area contributed by atoms with Gasteiger partial charge in [0.05, 0.1) is 29.6 Å². The molecule has 1 fully saturated rings. The van der Waals surface area contributed by atoms with E-state index in [2.05, 4.69) is 33.1 Å². The zero-order chi connectivity index (χ0) is 24.2. The molecule has 7 heteroatoms. The number of fused-ring (bicyclic) bond motifs is 2. The number of likely N-dealkylation sites (tertiary alicyclic amines) is 1. The summed E-state index contributed by atoms with van der Waals surface area (Å²) < 4.78 is 11.0. The minimum Gasteiger partial charge on any atom is -0.497 e. The van der Waals surface area contributed by atoms with Gasteiger partial charge in [-0.05, 0) is 63.9 Å². The third kappa shape index (κ3) is 5.00. The molecule has 5 rings (SSSR count). The minimum atomic E-state index is -0.0254. The topological polar surface area (TPSA) is 67.8 Å². The number of unbranched alkanes of at least 4 members (excludes halogenated alkanes) is 1. The van der Waals surface area contributed by atoms with Gasteiger partial charge in [0, 0.05) is 30.5 Å². The molecule has 2 aromatic carbocycles. The van der Waals surface area contributed by atoms with Gasteiger partial charge in [0.25, 0.3) is 5.91 Å². The van der Waals surface area contributed by atoms with Crippen LogP contribution in [0.4, 0.5) is 0 Å². The Morgan fingerprint density at radius 2 is 1.97 bits per heavy atom. The predicted molar refractivity (Wildman–Crippen MR) is 136 cm³/mol. The first-order valence-electron chi connectivity index (χ1n) is 12.4. The number of methoxy groups -OCH3 is 1. The second-order valence-electron chi connectivity index (χ2n) is 9.32. The molecule has 0 spiro atoms. The number of ether oxygens (including phenoxy) is 2. The van der Waals surface area contributed by atoms with Crippen molar-refractivity contribution in [3.63, 3.8) is 0 Å². The summed E-state index contributed by atoms with van der Waals surface area (Å²) in [6, 6.07) is 13.6. The molecule has 0 saturated carbocycles. The highest BCUT2D eigenvalue weighted by molar-refractivity contribution is 5.98. The number of nitrogens with zero attached hydrogens (tertiary/aromatic N) is 4. The van der Waals surface area contributed by atoms with Crippen LogP contribution in [0.2, 0.25) is 0 Å². The van der Waals surface area contributed by atoms with Crippen molar-refractivity contribution < 1.29 is 14.3 Å². The molecule has 0 N–H and O–H groups in total. The lowest BCUT2D eigenvalue weighted by Gasteiger charge is -2.33. The quantitative estimate of drug-likeness (QED) is 0.451. The molecule has 3 aromatic rings. The van der Waals surface area contributed by atoms with Gasteiger partial charge >= 0.3 is 0 Å². The van der Waals surface area contributed by atoms with E-state index in [1.54, 1.807) is 37.9 Å². The number of rotatable bonds is 7. The molecule has 1 unspecified atom stereocenters. The molecule has 2 aliphatic rings. The Balaban J connectivity index is 1.17. The number of carbonyl (C=O) groups excluding carboxylic acids is 1. The predicted octanol–water partition coefficient (Wildman–Crippen LogP) is 4.99. The number of hydrogen-bond donors (Lipinski definition) is 0. The Morgan fingerprint density at radius 1 is 1.11 bits per heavy atom. The summed E-state index contributed by atoms with van der Waals surface area (Å²) in [5.74, 6) is 1.61. The van der Waals surface area contributed by atoms with E-state index in [1.165, 1.54) is 17.5 Å². The maximum absolute atomic E-state index is 13.2. The SMILES string of the molecule is COc1ccc2c(c1)OC=C(C)N(CCCCN1CCCC(c3ncnc4ccccc34)C1)C2=O. The summed E-state index contributed by atoms with van der Waals surface area (Å²) in [4.78, 5) is 26.7. The fraction of sp³-hybridized carbons (Fsp3) is 0.393. The number of piperidine rings is 1. The molecule has 1 atom stereocenters. The van der Waals surface area contributed by atoms with E-state index < -0.39 is 0 Å². The van der Waals surface area contributed by atoms with Crippen molar-refractivity contribution in [3.05, 3.63) is 72.0 Å². The molecule has 182 valence electrons. The summed E-state index contributed by atoms with van der Waals surface area (Å²) in [5, 5.41) is 1.17. The van der Waals surface area contributed by atoms with Gasteiger partial charge < -0.3 is 19.3 Å². The van der Waals surface area contributed by atoms with E-state index in [1.807, 2.05) is 17.9 Å². The second kappa shape index (κ2) is 10.4. The number of amides is 1. The van der Waals surface area contributed by atoms with Crippen molar-refractivity contribution in [3.8, 4) is 11.5 Å². The lowest BCUT2D eigenvalue weighted by Crippen LogP contribution is -2.36. The Morgan fingerprint density at radius 3 is 2.86 bits per heavy atom. The maximum Gasteiger partial charge on any atom is 0.261 e. The highest BCUT2D eigenvalue weighted by Gasteiger charge is 2.26. The van der Waals surface area contributed by atoms with E-state index in [9.17, 15) is 4.79 Å². The van der Waals surface area contributed by atoms with Gasteiger partial charge in [-0.2, -0.15) is 0 Å². The van der Waals surface area contributed by atoms with Gasteiger partial charge in [-0.25, -0.2) is 9.97 Å². The third-order valence-electron chi connectivity index (χ3n) is 7.02. The fourth-order valence-electron chi connectivity index (χ4n) is 5.14. The normalized spacial score (nSPS) is 18.6. The first-order chi connectivity index (χ1) is 17.1. The monoisotopic (exact) mass is 472 g/mol. The van der Waals surface area contributed by atoms with Crippen LogP contribution in [0.1, 0.15) is 54.6 Å². The summed E-state index contributed by atoms with van der Waals surface area (Å²) in [6.07, 6.45) is 7.65. The number of benzene rings is 2. The lowest BCUT2D eigenvalue weighted by molar-refractivity contribution is 0.0804. The van der Waals surface area contributed by atoms with Crippen LogP contribution >= 0.6 is 0 Å². The van der Waals surface area contributed by atoms with Crippen LogP contribution in [0.5, 0.6) is 11.5 Å². The molecule has 0 aliphatic carbocycles. The minimum absolute atomic E-state index is 0.0254. The van der Waals surface area contributed by atoms with Crippen molar-refractivity contribution in [1.29, 1.82) is 0 Å². The number of allylic oxidation sites excluding steroid dienone is 1. The number of aromatic nitrogens is 2. The van der Waals surface area contributed by atoms with Crippen LogP contribution in [0.3, 0.4) is 0 Å². The molecule has 35 heavy (non-hydrogen) atoms. The molecular weight excluding hydrogens is 440 g/mol. The average molecular weight is 473 g/mol. The molecule has 2 aliphatic heterocycles. The molecule has 1 saturated heterocycles. The highest BCUT2D eigenvalue weighted by Crippen LogP contribution is 2.31. The van der Waals surface area contributed by atoms with Crippen molar-refractivity contribution in [1.82, 2.24) is 19.8 Å². The van der Waals surface area contributed by atoms with E-state index in [0.29, 0.717) is 29.5 Å². The molecule has 0 bridgehead atoms. The summed E-state index contributed by atoms with van der Waals surface area (Å²) >= 11 is 0. The first-order valence-corrected chi connectivity index (χ1v) is 12.4. The van der Waals surface area contributed by atoms with Gasteiger partial charge in [-0.15, -0.1) is 0 Å². The van der Waals surface area contributed by atoms with Gasteiger partial charge in [0.1, 0.15) is 24.1 Å². The Kier molecular flexibility index (Phi) is 6.95. The third-order valence-corrected chi connectivity index (χ3v) is 7.02. The molecule has 7 nitrogen and oxygen atoms in total. The summed E-state index contributed by atoms with van der Waals surface area (Å²) in [5.41, 5.74) is 3.57. The number of para-hydroxylation sites is 1. The lowest BCUT2D eigenvalue weighted by atomic mass is 9.92. The largest absolute Gasteiger partial charge is 0.497 e. The molecule has 0 radical (unpaired) electrons. The van der Waals surface area contributed by atoms with Crippen LogP contribution in [-0.2, 0) is 0 Å². The van der Waals surface area contributed by atoms with Gasteiger partial charge in [-0.1, -0.05) is 18.2 Å². The van der Waals surface area contributed by atoms with E-state index in [0.717, 1.165) is 50.1 Å². The molecule has 1 amide bonds. The number of carbonyl (C=O) groups is 1. The van der Waals surface area contributed by atoms with Gasteiger partial charge in [-0.3, -0.25) is 4.79 Å². The van der Waals surface area contributed by atoms with Crippen LogP contribution in [0, 0.1) is 0 Å². The Labute approximate surface area is 206 Å². The van der Waals surface area contributed by atoms with E-state index in [-0.39, 0.29) is 5.91 Å². The van der Waals surface area contributed by atoms with Crippen molar-refractivity contribution in [2.24, 2.45) is 0 Å². The zero-order valence-corrected chi connectivity index (χ0v) is 20.4. The van der Waals surface area contributed by atoms with Crippen LogP contribution < -0.4 is 9.47 Å². The maximum atomic E-state index is 13.2. The molecule has 3 heterocycles.